The van der Waals surface area contributed by atoms with Crippen LogP contribution in [0.4, 0.5) is 0 Å². The van der Waals surface area contributed by atoms with E-state index in [1.54, 1.807) is 60.7 Å². The quantitative estimate of drug-likeness (QED) is 0.445. The van der Waals surface area contributed by atoms with E-state index in [0.717, 1.165) is 11.1 Å². The van der Waals surface area contributed by atoms with Gasteiger partial charge in [-0.2, -0.15) is 0 Å². The highest BCUT2D eigenvalue weighted by Crippen LogP contribution is 2.19. The van der Waals surface area contributed by atoms with Crippen LogP contribution in [-0.2, 0) is 9.59 Å². The fraction of sp³-hybridized carbons (Fsp3) is 0. The predicted molar refractivity (Wildman–Crippen MR) is 91.0 cm³/mol. The van der Waals surface area contributed by atoms with Gasteiger partial charge in [-0.15, -0.1) is 0 Å². The minimum absolute atomic E-state index is 0.275. The molecule has 2 aromatic carbocycles. The van der Waals surface area contributed by atoms with Crippen LogP contribution >= 0.6 is 23.2 Å². The van der Waals surface area contributed by atoms with E-state index in [2.05, 4.69) is 0 Å². The van der Waals surface area contributed by atoms with Crippen molar-refractivity contribution in [3.05, 3.63) is 80.8 Å². The van der Waals surface area contributed by atoms with Gasteiger partial charge in [0, 0.05) is 21.2 Å². The second-order valence-electron chi connectivity index (χ2n) is 4.55. The fourth-order valence-electron chi connectivity index (χ4n) is 1.92. The smallest absolute Gasteiger partial charge is 0.150 e. The van der Waals surface area contributed by atoms with Crippen LogP contribution in [0, 0.1) is 0 Å². The topological polar surface area (TPSA) is 34.1 Å². The van der Waals surface area contributed by atoms with Crippen molar-refractivity contribution < 1.29 is 9.59 Å². The number of hydrogen-bond acceptors (Lipinski definition) is 2. The highest BCUT2D eigenvalue weighted by Gasteiger charge is 2.05. The Balaban J connectivity index is 2.43. The number of aldehydes is 2. The van der Waals surface area contributed by atoms with Crippen molar-refractivity contribution in [1.29, 1.82) is 0 Å². The third-order valence-corrected chi connectivity index (χ3v) is 3.40. The van der Waals surface area contributed by atoms with Gasteiger partial charge in [0.05, 0.1) is 0 Å². The Morgan fingerprint density at radius 3 is 1.45 bits per heavy atom. The molecule has 22 heavy (non-hydrogen) atoms. The molecule has 0 saturated heterocycles. The van der Waals surface area contributed by atoms with Gasteiger partial charge in [0.2, 0.25) is 0 Å². The summed E-state index contributed by atoms with van der Waals surface area (Å²) in [5, 5.41) is 1.12. The van der Waals surface area contributed by atoms with E-state index >= 15 is 0 Å². The summed E-state index contributed by atoms with van der Waals surface area (Å²) in [6, 6.07) is 14.1. The van der Waals surface area contributed by atoms with Gasteiger partial charge < -0.3 is 0 Å². The van der Waals surface area contributed by atoms with Crippen molar-refractivity contribution in [2.45, 2.75) is 0 Å². The summed E-state index contributed by atoms with van der Waals surface area (Å²) in [4.78, 5) is 22.6. The molecule has 0 aromatic heterocycles. The molecule has 0 radical (unpaired) electrons. The molecule has 0 unspecified atom stereocenters. The SMILES string of the molecule is O=CC(=Cc1cccc(Cl)c1)C(C=O)=Cc1cccc(Cl)c1. The molecule has 2 nitrogen and oxygen atoms in total. The van der Waals surface area contributed by atoms with Crippen molar-refractivity contribution in [3.8, 4) is 0 Å². The molecule has 0 N–H and O–H groups in total. The molecule has 0 aliphatic rings. The van der Waals surface area contributed by atoms with Crippen molar-refractivity contribution in [2.75, 3.05) is 0 Å². The van der Waals surface area contributed by atoms with Gasteiger partial charge >= 0.3 is 0 Å². The molecule has 0 fully saturated rings. The van der Waals surface area contributed by atoms with Crippen molar-refractivity contribution >= 4 is 47.9 Å². The maximum Gasteiger partial charge on any atom is 0.150 e. The standard InChI is InChI=1S/C18H12Cl2O2/c19-17-5-1-3-13(9-17)7-15(11-21)16(12-22)8-14-4-2-6-18(20)10-14/h1-12H. The lowest BCUT2D eigenvalue weighted by Gasteiger charge is -2.02. The first kappa shape index (κ1) is 16.2. The number of hydrogen-bond donors (Lipinski definition) is 0. The van der Waals surface area contributed by atoms with Gasteiger partial charge in [-0.1, -0.05) is 47.5 Å². The molecule has 0 aliphatic heterocycles. The average molecular weight is 331 g/mol. The normalized spacial score (nSPS) is 12.1. The largest absolute Gasteiger partial charge is 0.298 e. The maximum atomic E-state index is 11.3. The number of allylic oxidation sites excluding steroid dienone is 2. The minimum Gasteiger partial charge on any atom is -0.298 e. The van der Waals surface area contributed by atoms with Crippen LogP contribution in [0.5, 0.6) is 0 Å². The summed E-state index contributed by atoms with van der Waals surface area (Å²) >= 11 is 11.8. The van der Waals surface area contributed by atoms with E-state index in [4.69, 9.17) is 23.2 Å². The summed E-state index contributed by atoms with van der Waals surface area (Å²) in [5.41, 5.74) is 2.04. The number of carbonyl (C=O) groups is 2. The van der Waals surface area contributed by atoms with Crippen LogP contribution in [0.2, 0.25) is 10.0 Å². The Morgan fingerprint density at radius 1 is 0.727 bits per heavy atom. The maximum absolute atomic E-state index is 11.3. The molecule has 110 valence electrons. The van der Waals surface area contributed by atoms with Gasteiger partial charge in [-0.25, -0.2) is 0 Å². The Kier molecular flexibility index (Phi) is 5.70. The van der Waals surface area contributed by atoms with Crippen LogP contribution in [0.25, 0.3) is 12.2 Å². The van der Waals surface area contributed by atoms with Crippen LogP contribution in [0.1, 0.15) is 11.1 Å². The van der Waals surface area contributed by atoms with Crippen molar-refractivity contribution in [1.82, 2.24) is 0 Å². The van der Waals surface area contributed by atoms with E-state index in [0.29, 0.717) is 22.6 Å². The van der Waals surface area contributed by atoms with E-state index < -0.39 is 0 Å². The third kappa shape index (κ3) is 4.42. The number of carbonyl (C=O) groups excluding carboxylic acids is 2. The molecule has 0 spiro atoms. The van der Waals surface area contributed by atoms with Crippen LogP contribution in [0.15, 0.2) is 59.7 Å². The Labute approximate surface area is 138 Å². The average Bonchev–Trinajstić information content (AvgIpc) is 2.51. The minimum atomic E-state index is 0.275. The van der Waals surface area contributed by atoms with Gasteiger partial charge in [-0.05, 0) is 47.5 Å². The molecule has 2 aromatic rings. The van der Waals surface area contributed by atoms with E-state index in [9.17, 15) is 9.59 Å². The van der Waals surface area contributed by atoms with E-state index in [-0.39, 0.29) is 11.1 Å². The molecule has 0 heterocycles. The Hall–Kier alpha value is -2.16. The summed E-state index contributed by atoms with van der Waals surface area (Å²) < 4.78 is 0. The third-order valence-electron chi connectivity index (χ3n) is 2.93. The van der Waals surface area contributed by atoms with Gasteiger partial charge in [0.1, 0.15) is 0 Å². The zero-order chi connectivity index (χ0) is 15.9. The monoisotopic (exact) mass is 330 g/mol. The highest BCUT2D eigenvalue weighted by atomic mass is 35.5. The lowest BCUT2D eigenvalue weighted by atomic mass is 10.0. The second kappa shape index (κ2) is 7.74. The zero-order valence-electron chi connectivity index (χ0n) is 11.5. The molecule has 0 bridgehead atoms. The number of benzene rings is 2. The highest BCUT2D eigenvalue weighted by molar-refractivity contribution is 6.31. The molecular formula is C18H12Cl2O2. The summed E-state index contributed by atoms with van der Waals surface area (Å²) in [6.45, 7) is 0. The van der Waals surface area contributed by atoms with E-state index in [1.807, 2.05) is 0 Å². The van der Waals surface area contributed by atoms with Gasteiger partial charge in [-0.3, -0.25) is 9.59 Å². The number of rotatable bonds is 5. The van der Waals surface area contributed by atoms with Crippen LogP contribution < -0.4 is 0 Å². The molecule has 0 atom stereocenters. The van der Waals surface area contributed by atoms with Crippen molar-refractivity contribution in [2.24, 2.45) is 0 Å². The zero-order valence-corrected chi connectivity index (χ0v) is 13.0. The van der Waals surface area contributed by atoms with Crippen molar-refractivity contribution in [3.63, 3.8) is 0 Å². The molecular weight excluding hydrogens is 319 g/mol. The molecule has 2 rings (SSSR count). The molecule has 0 amide bonds. The van der Waals surface area contributed by atoms with Crippen LogP contribution in [-0.4, -0.2) is 12.6 Å². The predicted octanol–water partition coefficient (Wildman–Crippen LogP) is 4.86. The first-order valence-electron chi connectivity index (χ1n) is 6.47. The lowest BCUT2D eigenvalue weighted by Crippen LogP contribution is -1.93. The van der Waals surface area contributed by atoms with E-state index in [1.165, 1.54) is 0 Å². The molecule has 0 aliphatic carbocycles. The molecule has 0 saturated carbocycles. The Bertz CT molecular complexity index is 696. The second-order valence-corrected chi connectivity index (χ2v) is 5.42. The molecule has 4 heteroatoms. The first-order valence-corrected chi connectivity index (χ1v) is 7.23. The summed E-state index contributed by atoms with van der Waals surface area (Å²) in [5.74, 6) is 0. The Morgan fingerprint density at radius 2 is 1.14 bits per heavy atom. The number of halogens is 2. The van der Waals surface area contributed by atoms with Crippen LogP contribution in [0.3, 0.4) is 0 Å². The first-order chi connectivity index (χ1) is 10.6. The van der Waals surface area contributed by atoms with Gasteiger partial charge in [0.15, 0.2) is 12.6 Å². The summed E-state index contributed by atoms with van der Waals surface area (Å²) in [6.07, 6.45) is 4.52. The summed E-state index contributed by atoms with van der Waals surface area (Å²) in [7, 11) is 0. The fourth-order valence-corrected chi connectivity index (χ4v) is 2.32. The van der Waals surface area contributed by atoms with Gasteiger partial charge in [0.25, 0.3) is 0 Å². The lowest BCUT2D eigenvalue weighted by molar-refractivity contribution is -0.107.